The molecule has 72 valence electrons. The molecule has 0 spiro atoms. The van der Waals surface area contributed by atoms with Crippen molar-refractivity contribution in [2.75, 3.05) is 0 Å². The lowest BCUT2D eigenvalue weighted by Gasteiger charge is -2.15. The zero-order valence-electron chi connectivity index (χ0n) is 7.59. The van der Waals surface area contributed by atoms with Gasteiger partial charge in [-0.3, -0.25) is 4.98 Å². The topological polar surface area (TPSA) is 38.9 Å². The van der Waals surface area contributed by atoms with Crippen LogP contribution in [0, 0.1) is 0 Å². The Morgan fingerprint density at radius 1 is 1.38 bits per heavy atom. The van der Waals surface area contributed by atoms with Crippen LogP contribution in [0.1, 0.15) is 25.5 Å². The molecule has 2 N–H and O–H groups in total. The van der Waals surface area contributed by atoms with Gasteiger partial charge in [-0.2, -0.15) is 0 Å². The van der Waals surface area contributed by atoms with Crippen LogP contribution >= 0.6 is 23.2 Å². The van der Waals surface area contributed by atoms with Gasteiger partial charge in [0.05, 0.1) is 15.7 Å². The Morgan fingerprint density at radius 2 is 2.00 bits per heavy atom. The van der Waals surface area contributed by atoms with E-state index >= 15 is 0 Å². The van der Waals surface area contributed by atoms with E-state index in [9.17, 15) is 0 Å². The van der Waals surface area contributed by atoms with E-state index in [-0.39, 0.29) is 12.0 Å². The number of nitrogens with zero attached hydrogens (tertiary/aromatic N) is 1. The molecule has 0 saturated heterocycles. The van der Waals surface area contributed by atoms with Crippen molar-refractivity contribution in [2.24, 2.45) is 5.73 Å². The molecule has 13 heavy (non-hydrogen) atoms. The van der Waals surface area contributed by atoms with E-state index in [1.807, 2.05) is 13.8 Å². The smallest absolute Gasteiger partial charge is 0.0639 e. The maximum atomic E-state index is 5.97. The van der Waals surface area contributed by atoms with Crippen LogP contribution in [0.2, 0.25) is 10.0 Å². The summed E-state index contributed by atoms with van der Waals surface area (Å²) in [4.78, 5) is 4.16. The molecule has 0 amide bonds. The van der Waals surface area contributed by atoms with E-state index in [4.69, 9.17) is 28.9 Å². The molecule has 0 aliphatic rings. The van der Waals surface area contributed by atoms with E-state index in [2.05, 4.69) is 4.98 Å². The van der Waals surface area contributed by atoms with Crippen LogP contribution in [0.15, 0.2) is 12.3 Å². The van der Waals surface area contributed by atoms with Crippen molar-refractivity contribution >= 4 is 23.2 Å². The van der Waals surface area contributed by atoms with E-state index in [1.54, 1.807) is 12.3 Å². The van der Waals surface area contributed by atoms with E-state index < -0.39 is 0 Å². The second-order valence-corrected chi connectivity index (χ2v) is 4.01. The molecule has 0 unspecified atom stereocenters. The fourth-order valence-electron chi connectivity index (χ4n) is 1.01. The van der Waals surface area contributed by atoms with E-state index in [1.165, 1.54) is 0 Å². The first kappa shape index (κ1) is 10.8. The molecule has 0 aliphatic heterocycles. The molecule has 2 nitrogen and oxygen atoms in total. The summed E-state index contributed by atoms with van der Waals surface area (Å²) in [5, 5.41) is 1.13. The molecule has 0 fully saturated rings. The van der Waals surface area contributed by atoms with Gasteiger partial charge in [0.2, 0.25) is 0 Å². The zero-order chi connectivity index (χ0) is 10.0. The van der Waals surface area contributed by atoms with Crippen molar-refractivity contribution in [3.63, 3.8) is 0 Å². The fourth-order valence-corrected chi connectivity index (χ4v) is 1.56. The third-order valence-electron chi connectivity index (χ3n) is 2.06. The van der Waals surface area contributed by atoms with Gasteiger partial charge in [-0.25, -0.2) is 0 Å². The van der Waals surface area contributed by atoms with Crippen LogP contribution in [0.5, 0.6) is 0 Å². The van der Waals surface area contributed by atoms with Crippen LogP contribution in [0.3, 0.4) is 0 Å². The molecule has 2 atom stereocenters. The number of nitrogens with two attached hydrogens (primary N) is 1. The maximum absolute atomic E-state index is 5.97. The average Bonchev–Trinajstić information content (AvgIpc) is 2.03. The van der Waals surface area contributed by atoms with Crippen molar-refractivity contribution in [1.29, 1.82) is 0 Å². The summed E-state index contributed by atoms with van der Waals surface area (Å²) in [5.74, 6) is 0.143. The molecule has 0 aliphatic carbocycles. The molecule has 1 aromatic rings. The lowest BCUT2D eigenvalue weighted by Crippen LogP contribution is -2.23. The van der Waals surface area contributed by atoms with Crippen molar-refractivity contribution in [1.82, 2.24) is 4.98 Å². The third kappa shape index (κ3) is 2.56. The van der Waals surface area contributed by atoms with Gasteiger partial charge in [-0.1, -0.05) is 30.1 Å². The van der Waals surface area contributed by atoms with Gasteiger partial charge in [0.15, 0.2) is 0 Å². The standard InChI is InChI=1S/C9H12Cl2N2/c1-5(6(2)12)9-8(11)3-7(10)4-13-9/h3-6H,12H2,1-2H3/t5-,6+/m0/s1. The van der Waals surface area contributed by atoms with Gasteiger partial charge in [-0.05, 0) is 13.0 Å². The lowest BCUT2D eigenvalue weighted by molar-refractivity contribution is 0.598. The van der Waals surface area contributed by atoms with Crippen LogP contribution in [0.25, 0.3) is 0 Å². The zero-order valence-corrected chi connectivity index (χ0v) is 9.10. The molecule has 1 aromatic heterocycles. The Morgan fingerprint density at radius 3 is 2.46 bits per heavy atom. The summed E-state index contributed by atoms with van der Waals surface area (Å²) in [5.41, 5.74) is 6.55. The highest BCUT2D eigenvalue weighted by atomic mass is 35.5. The number of rotatable bonds is 2. The highest BCUT2D eigenvalue weighted by molar-refractivity contribution is 6.34. The highest BCUT2D eigenvalue weighted by Crippen LogP contribution is 2.26. The molecular formula is C9H12Cl2N2. The SMILES string of the molecule is C[C@H](c1ncc(Cl)cc1Cl)[C@@H](C)N. The monoisotopic (exact) mass is 218 g/mol. The fraction of sp³-hybridized carbons (Fsp3) is 0.444. The quantitative estimate of drug-likeness (QED) is 0.830. The summed E-state index contributed by atoms with van der Waals surface area (Å²) in [7, 11) is 0. The Bertz CT molecular complexity index is 300. The molecule has 0 bridgehead atoms. The highest BCUT2D eigenvalue weighted by Gasteiger charge is 2.15. The number of pyridine rings is 1. The van der Waals surface area contributed by atoms with Gasteiger partial charge in [-0.15, -0.1) is 0 Å². The molecule has 0 saturated carbocycles. The normalized spacial score (nSPS) is 15.5. The van der Waals surface area contributed by atoms with Crippen molar-refractivity contribution in [3.8, 4) is 0 Å². The molecule has 0 radical (unpaired) electrons. The van der Waals surface area contributed by atoms with Crippen LogP contribution in [-0.4, -0.2) is 11.0 Å². The van der Waals surface area contributed by atoms with Gasteiger partial charge < -0.3 is 5.73 Å². The van der Waals surface area contributed by atoms with Gasteiger partial charge in [0.1, 0.15) is 0 Å². The largest absolute Gasteiger partial charge is 0.327 e. The van der Waals surface area contributed by atoms with Gasteiger partial charge in [0.25, 0.3) is 0 Å². The molecule has 1 rings (SSSR count). The van der Waals surface area contributed by atoms with Crippen molar-refractivity contribution in [2.45, 2.75) is 25.8 Å². The Balaban J connectivity index is 3.01. The van der Waals surface area contributed by atoms with Gasteiger partial charge >= 0.3 is 0 Å². The van der Waals surface area contributed by atoms with Crippen molar-refractivity contribution in [3.05, 3.63) is 28.0 Å². The predicted octanol–water partition coefficient (Wildman–Crippen LogP) is 2.84. The molecular weight excluding hydrogens is 207 g/mol. The number of halogens is 2. The van der Waals surface area contributed by atoms with Crippen LogP contribution in [0.4, 0.5) is 0 Å². The second-order valence-electron chi connectivity index (χ2n) is 3.17. The average molecular weight is 219 g/mol. The molecule has 1 heterocycles. The lowest BCUT2D eigenvalue weighted by atomic mass is 10.00. The van der Waals surface area contributed by atoms with Crippen LogP contribution < -0.4 is 5.73 Å². The first-order chi connectivity index (χ1) is 6.02. The summed E-state index contributed by atoms with van der Waals surface area (Å²) in [6.07, 6.45) is 1.58. The van der Waals surface area contributed by atoms with E-state index in [0.717, 1.165) is 5.69 Å². The molecule has 4 heteroatoms. The summed E-state index contributed by atoms with van der Waals surface area (Å²) in [6.45, 7) is 3.92. The van der Waals surface area contributed by atoms with Crippen LogP contribution in [-0.2, 0) is 0 Å². The third-order valence-corrected chi connectivity index (χ3v) is 2.57. The minimum absolute atomic E-state index is 0.0335. The van der Waals surface area contributed by atoms with E-state index in [0.29, 0.717) is 10.0 Å². The Hall–Kier alpha value is -0.310. The summed E-state index contributed by atoms with van der Waals surface area (Å²) < 4.78 is 0. The Kier molecular flexibility index (Phi) is 3.54. The minimum atomic E-state index is 0.0335. The van der Waals surface area contributed by atoms with Crippen molar-refractivity contribution < 1.29 is 0 Å². The minimum Gasteiger partial charge on any atom is -0.327 e. The van der Waals surface area contributed by atoms with Gasteiger partial charge in [0, 0.05) is 18.2 Å². The Labute approximate surface area is 88.1 Å². The first-order valence-electron chi connectivity index (χ1n) is 4.09. The predicted molar refractivity (Wildman–Crippen MR) is 56.3 cm³/mol. The number of hydrogen-bond acceptors (Lipinski definition) is 2. The number of aromatic nitrogens is 1. The molecule has 0 aromatic carbocycles. The first-order valence-corrected chi connectivity index (χ1v) is 4.84. The summed E-state index contributed by atoms with van der Waals surface area (Å²) in [6, 6.07) is 1.72. The second kappa shape index (κ2) is 4.27. The number of hydrogen-bond donors (Lipinski definition) is 1. The maximum Gasteiger partial charge on any atom is 0.0639 e. The summed E-state index contributed by atoms with van der Waals surface area (Å²) >= 11 is 11.7.